The predicted octanol–water partition coefficient (Wildman–Crippen LogP) is -0.857. The number of nitrogens with zero attached hydrogens (tertiary/aromatic N) is 2. The van der Waals surface area contributed by atoms with Gasteiger partial charge in [0.15, 0.2) is 0 Å². The minimum absolute atomic E-state index is 0.128. The molecular weight excluding hydrogens is 216 g/mol. The summed E-state index contributed by atoms with van der Waals surface area (Å²) in [7, 11) is 0. The van der Waals surface area contributed by atoms with Gasteiger partial charge < -0.3 is 19.9 Å². The van der Waals surface area contributed by atoms with Crippen LogP contribution in [0, 0.1) is 5.41 Å². The molecule has 0 aromatic heterocycles. The van der Waals surface area contributed by atoms with Crippen LogP contribution in [-0.2, 0) is 9.68 Å². The Labute approximate surface area is 92.1 Å². The summed E-state index contributed by atoms with van der Waals surface area (Å²) < 4.78 is 0. The molecule has 8 heteroatoms. The van der Waals surface area contributed by atoms with Crippen LogP contribution in [0.4, 0.5) is 0 Å². The van der Waals surface area contributed by atoms with E-state index in [2.05, 4.69) is 26.4 Å². The first-order chi connectivity index (χ1) is 7.54. The minimum Gasteiger partial charge on any atom is -0.393 e. The maximum absolute atomic E-state index is 8.70. The molecule has 0 fully saturated rings. The number of nitrogens with one attached hydrogen (secondary N) is 1. The molecule has 0 saturated carbocycles. The van der Waals surface area contributed by atoms with Crippen molar-refractivity contribution in [3.8, 4) is 0 Å². The Hall–Kier alpha value is -1.77. The summed E-state index contributed by atoms with van der Waals surface area (Å²) in [5.74, 6) is 4.27. The van der Waals surface area contributed by atoms with Gasteiger partial charge in [0, 0.05) is 0 Å². The third kappa shape index (κ3) is 5.20. The van der Waals surface area contributed by atoms with E-state index in [0.717, 1.165) is 0 Å². The van der Waals surface area contributed by atoms with Crippen LogP contribution in [0.15, 0.2) is 22.4 Å². The lowest BCUT2D eigenvalue weighted by molar-refractivity contribution is 0.260. The zero-order chi connectivity index (χ0) is 12.6. The highest BCUT2D eigenvalue weighted by molar-refractivity contribution is 5.99. The van der Waals surface area contributed by atoms with Gasteiger partial charge in [-0.2, -0.15) is 5.90 Å². The number of aliphatic imine (C=N–C) groups is 1. The van der Waals surface area contributed by atoms with Crippen LogP contribution in [0.5, 0.6) is 0 Å². The zero-order valence-corrected chi connectivity index (χ0v) is 8.80. The van der Waals surface area contributed by atoms with Crippen LogP contribution in [0.1, 0.15) is 6.92 Å². The van der Waals surface area contributed by atoms with Crippen molar-refractivity contribution < 1.29 is 19.9 Å². The molecule has 5 N–H and O–H groups in total. The number of rotatable bonds is 5. The summed E-state index contributed by atoms with van der Waals surface area (Å²) in [6.07, 6.45) is 0. The molecule has 8 nitrogen and oxygen atoms in total. The Morgan fingerprint density at radius 2 is 2.06 bits per heavy atom. The lowest BCUT2D eigenvalue weighted by atomic mass is 10.3. The maximum Gasteiger partial charge on any atom is 0.243 e. The zero-order valence-electron chi connectivity index (χ0n) is 8.80. The molecule has 0 aliphatic carbocycles. The van der Waals surface area contributed by atoms with E-state index in [1.807, 2.05) is 0 Å². The van der Waals surface area contributed by atoms with Crippen LogP contribution in [0.3, 0.4) is 0 Å². The van der Waals surface area contributed by atoms with Gasteiger partial charge in [-0.1, -0.05) is 11.7 Å². The molecule has 0 unspecified atom stereocenters. The summed E-state index contributed by atoms with van der Waals surface area (Å²) in [5, 5.41) is 27.6. The van der Waals surface area contributed by atoms with Crippen molar-refractivity contribution in [3.05, 3.63) is 12.3 Å². The minimum atomic E-state index is -0.555. The Balaban J connectivity index is 4.49. The van der Waals surface area contributed by atoms with Gasteiger partial charge >= 0.3 is 0 Å². The molecule has 16 heavy (non-hydrogen) atoms. The smallest absolute Gasteiger partial charge is 0.243 e. The van der Waals surface area contributed by atoms with Crippen LogP contribution in [0.2, 0.25) is 0 Å². The molecule has 0 radical (unpaired) electrons. The van der Waals surface area contributed by atoms with E-state index in [0.29, 0.717) is 0 Å². The van der Waals surface area contributed by atoms with Crippen molar-refractivity contribution in [1.82, 2.24) is 0 Å². The lowest BCUT2D eigenvalue weighted by Crippen LogP contribution is -2.15. The summed E-state index contributed by atoms with van der Waals surface area (Å²) in [5.41, 5.74) is 0.404. The number of allylic oxidation sites excluding steroid dienone is 1. The van der Waals surface area contributed by atoms with Gasteiger partial charge in [-0.15, -0.1) is 0 Å². The highest BCUT2D eigenvalue weighted by atomic mass is 16.6. The molecular formula is C8H14N4O4. The van der Waals surface area contributed by atoms with E-state index < -0.39 is 19.1 Å². The quantitative estimate of drug-likeness (QED) is 0.277. The third-order valence-electron chi connectivity index (χ3n) is 1.38. The second-order valence-electron chi connectivity index (χ2n) is 2.58. The van der Waals surface area contributed by atoms with Crippen LogP contribution in [-0.4, -0.2) is 40.9 Å². The van der Waals surface area contributed by atoms with E-state index in [4.69, 9.17) is 21.5 Å². The SMILES string of the molecule is C=C(N=C(CO)ON)/C(C)=N/OC(=N)CO. The van der Waals surface area contributed by atoms with Gasteiger partial charge in [0.2, 0.25) is 11.8 Å². The van der Waals surface area contributed by atoms with E-state index in [1.165, 1.54) is 6.92 Å². The fourth-order valence-electron chi connectivity index (χ4n) is 0.536. The maximum atomic E-state index is 8.70. The predicted molar refractivity (Wildman–Crippen MR) is 57.9 cm³/mol. The molecule has 0 aromatic carbocycles. The highest BCUT2D eigenvalue weighted by Gasteiger charge is 2.03. The first-order valence-corrected chi connectivity index (χ1v) is 4.19. The number of aliphatic hydroxyl groups excluding tert-OH is 2. The molecule has 90 valence electrons. The third-order valence-corrected chi connectivity index (χ3v) is 1.38. The van der Waals surface area contributed by atoms with Crippen molar-refractivity contribution >= 4 is 17.5 Å². The molecule has 0 amide bonds. The first kappa shape index (κ1) is 14.2. The molecule has 0 rings (SSSR count). The summed E-state index contributed by atoms with van der Waals surface area (Å²) in [6.45, 7) is 4.00. The van der Waals surface area contributed by atoms with Crippen molar-refractivity contribution in [2.24, 2.45) is 16.0 Å². The topological polar surface area (TPSA) is 134 Å². The molecule has 0 bridgehead atoms. The van der Waals surface area contributed by atoms with E-state index in [-0.39, 0.29) is 17.3 Å². The molecule has 0 aromatic rings. The van der Waals surface area contributed by atoms with Gasteiger partial charge in [0.05, 0.1) is 5.70 Å². The Bertz CT molecular complexity index is 318. The summed E-state index contributed by atoms with van der Waals surface area (Å²) in [6, 6.07) is 0. The summed E-state index contributed by atoms with van der Waals surface area (Å²) in [4.78, 5) is 12.4. The van der Waals surface area contributed by atoms with Crippen LogP contribution in [0.25, 0.3) is 0 Å². The van der Waals surface area contributed by atoms with Gasteiger partial charge in [0.1, 0.15) is 18.9 Å². The first-order valence-electron chi connectivity index (χ1n) is 4.19. The van der Waals surface area contributed by atoms with Gasteiger partial charge in [-0.05, 0) is 6.92 Å². The average molecular weight is 230 g/mol. The van der Waals surface area contributed by atoms with E-state index >= 15 is 0 Å². The largest absolute Gasteiger partial charge is 0.393 e. The lowest BCUT2D eigenvalue weighted by Gasteiger charge is -2.02. The second-order valence-corrected chi connectivity index (χ2v) is 2.58. The standard InChI is InChI=1S/C8H14N4O4/c1-5(11-8(4-14)15-10)6(2)12-16-7(9)3-13/h9,13-14H,1,3-4,10H2,2H3/b9-7?,11-8?,12-6+. The second kappa shape index (κ2) is 7.51. The van der Waals surface area contributed by atoms with Gasteiger partial charge in [-0.3, -0.25) is 5.41 Å². The molecule has 0 aliphatic rings. The number of oxime groups is 1. The molecule has 0 atom stereocenters. The molecule has 0 spiro atoms. The molecule has 0 aliphatic heterocycles. The fraction of sp³-hybridized carbons (Fsp3) is 0.375. The molecule has 0 heterocycles. The van der Waals surface area contributed by atoms with Crippen LogP contribution < -0.4 is 5.90 Å². The Morgan fingerprint density at radius 3 is 2.50 bits per heavy atom. The van der Waals surface area contributed by atoms with E-state index in [1.54, 1.807) is 0 Å². The van der Waals surface area contributed by atoms with Crippen molar-refractivity contribution in [2.75, 3.05) is 13.2 Å². The number of hydrogen-bond acceptors (Lipinski definition) is 8. The van der Waals surface area contributed by atoms with Crippen LogP contribution >= 0.6 is 0 Å². The van der Waals surface area contributed by atoms with Crippen molar-refractivity contribution in [3.63, 3.8) is 0 Å². The summed E-state index contributed by atoms with van der Waals surface area (Å²) >= 11 is 0. The Kier molecular flexibility index (Phi) is 6.68. The number of aliphatic hydroxyl groups is 2. The molecule has 0 saturated heterocycles. The Morgan fingerprint density at radius 1 is 1.44 bits per heavy atom. The average Bonchev–Trinajstić information content (AvgIpc) is 2.31. The van der Waals surface area contributed by atoms with Gasteiger partial charge in [0.25, 0.3) is 0 Å². The van der Waals surface area contributed by atoms with Gasteiger partial charge in [-0.25, -0.2) is 4.99 Å². The van der Waals surface area contributed by atoms with E-state index in [9.17, 15) is 0 Å². The highest BCUT2D eigenvalue weighted by Crippen LogP contribution is 1.99. The number of hydrogen-bond donors (Lipinski definition) is 4. The fourth-order valence-corrected chi connectivity index (χ4v) is 0.536. The monoisotopic (exact) mass is 230 g/mol. The number of nitrogens with two attached hydrogens (primary N) is 1. The van der Waals surface area contributed by atoms with Crippen molar-refractivity contribution in [1.29, 1.82) is 5.41 Å². The van der Waals surface area contributed by atoms with Crippen molar-refractivity contribution in [2.45, 2.75) is 6.92 Å². The normalized spacial score (nSPS) is 12.2.